The number of thiophene rings is 1. The number of para-hydroxylation sites is 2. The Morgan fingerprint density at radius 1 is 0.208 bits per heavy atom. The van der Waals surface area contributed by atoms with E-state index in [1.54, 1.807) is 0 Å². The topological polar surface area (TPSA) is 36.0 Å². The first-order valence-electron chi connectivity index (χ1n) is 32.6. The lowest BCUT2D eigenvalue weighted by Gasteiger charge is -2.34. The van der Waals surface area contributed by atoms with Gasteiger partial charge in [-0.15, -0.1) is 11.3 Å². The molecular weight excluding hydrogens is 1190 g/mol. The van der Waals surface area contributed by atoms with E-state index in [4.69, 9.17) is 8.83 Å². The SMILES string of the molecule is c1ccc2c(N(c3ccc(-c4ccc5oc6ccccc6c5c4)cc3)c3cc(N(c4ccc(-c5ccc6oc7ccccc7c6c5)cc4)c4cccc5ccccc45)cc(N(c4ccc(-c5cccc6c5sc5ccccc56)cc4)c4cccc5ccccc45)c3)cccc2c1. The fourth-order valence-corrected chi connectivity index (χ4v) is 15.9. The van der Waals surface area contributed by atoms with E-state index in [2.05, 4.69) is 336 Å². The molecule has 0 saturated heterocycles. The fourth-order valence-electron chi connectivity index (χ4n) is 14.6. The predicted octanol–water partition coefficient (Wildman–Crippen LogP) is 26.7. The van der Waals surface area contributed by atoms with Crippen LogP contribution in [0, 0.1) is 0 Å². The van der Waals surface area contributed by atoms with Crippen LogP contribution in [-0.4, -0.2) is 0 Å². The molecule has 6 heteroatoms. The average Bonchev–Trinajstić information content (AvgIpc) is 0.857. The van der Waals surface area contributed by atoms with Crippen molar-refractivity contribution < 1.29 is 8.83 Å². The van der Waals surface area contributed by atoms with Gasteiger partial charge in [0.1, 0.15) is 22.3 Å². The average molecular weight is 1240 g/mol. The molecule has 0 radical (unpaired) electrons. The Labute approximate surface area is 558 Å². The summed E-state index contributed by atoms with van der Waals surface area (Å²) in [5.41, 5.74) is 19.5. The van der Waals surface area contributed by atoms with Crippen molar-refractivity contribution >= 4 is 159 Å². The minimum atomic E-state index is 0.877. The van der Waals surface area contributed by atoms with E-state index < -0.39 is 0 Å². The molecule has 5 nitrogen and oxygen atoms in total. The third kappa shape index (κ3) is 9.37. The predicted molar refractivity (Wildman–Crippen MR) is 407 cm³/mol. The fraction of sp³-hybridized carbons (Fsp3) is 0. The number of rotatable bonds is 12. The zero-order valence-corrected chi connectivity index (χ0v) is 52.8. The maximum Gasteiger partial charge on any atom is 0.135 e. The second-order valence-corrected chi connectivity index (χ2v) is 25.8. The van der Waals surface area contributed by atoms with Crippen LogP contribution in [0.25, 0.3) is 130 Å². The molecule has 0 unspecified atom stereocenters. The lowest BCUT2D eigenvalue weighted by Crippen LogP contribution is -2.17. The Hall–Kier alpha value is -12.5. The highest BCUT2D eigenvalue weighted by Gasteiger charge is 2.26. The summed E-state index contributed by atoms with van der Waals surface area (Å²) in [6.45, 7) is 0. The van der Waals surface area contributed by atoms with E-state index in [1.807, 2.05) is 35.6 Å². The number of nitrogens with zero attached hydrogens (tertiary/aromatic N) is 3. The van der Waals surface area contributed by atoms with Gasteiger partial charge in [0.25, 0.3) is 0 Å². The highest BCUT2D eigenvalue weighted by molar-refractivity contribution is 7.26. The van der Waals surface area contributed by atoms with Crippen molar-refractivity contribution in [1.82, 2.24) is 0 Å². The maximum absolute atomic E-state index is 6.31. The minimum Gasteiger partial charge on any atom is -0.456 e. The van der Waals surface area contributed by atoms with Crippen molar-refractivity contribution in [2.24, 2.45) is 0 Å². The molecule has 19 rings (SSSR count). The standard InChI is InChI=1S/C90H57N3O2S/c1-4-23-72-60(17-1)20-13-31-82(72)91(66-45-37-58(38-46-66)64-43-51-87-80(53-64)76-26-7-10-34-85(76)94-87)69-55-70(92(83-32-14-21-61-18-2-5-24-73(61)83)67-47-39-59(40-48-67)65-44-52-88-81(54-65)77-27-8-11-35-86(77)95-88)57-71(56-69)93(84-33-15-22-62-19-3-6-25-74(62)84)68-49-41-63(42-50-68)75-29-16-30-79-78-28-9-12-36-89(78)96-90(75)79/h1-57H. The van der Waals surface area contributed by atoms with Gasteiger partial charge in [-0.3, -0.25) is 0 Å². The van der Waals surface area contributed by atoms with Gasteiger partial charge in [-0.2, -0.15) is 0 Å². The number of hydrogen-bond acceptors (Lipinski definition) is 6. The molecule has 19 aromatic rings. The lowest BCUT2D eigenvalue weighted by molar-refractivity contribution is 0.668. The quantitative estimate of drug-likeness (QED) is 0.122. The van der Waals surface area contributed by atoms with Gasteiger partial charge in [0.15, 0.2) is 0 Å². The van der Waals surface area contributed by atoms with Crippen LogP contribution in [0.5, 0.6) is 0 Å². The summed E-state index contributed by atoms with van der Waals surface area (Å²) in [5, 5.41) is 13.8. The number of fused-ring (bicyclic) bond motifs is 12. The zero-order chi connectivity index (χ0) is 63.2. The molecule has 0 aliphatic heterocycles. The summed E-state index contributed by atoms with van der Waals surface area (Å²) in [6.07, 6.45) is 0. The minimum absolute atomic E-state index is 0.877. The molecule has 0 N–H and O–H groups in total. The largest absolute Gasteiger partial charge is 0.456 e. The van der Waals surface area contributed by atoms with E-state index >= 15 is 0 Å². The first-order valence-corrected chi connectivity index (χ1v) is 33.4. The normalized spacial score (nSPS) is 11.8. The smallest absolute Gasteiger partial charge is 0.135 e. The monoisotopic (exact) mass is 1240 g/mol. The highest BCUT2D eigenvalue weighted by atomic mass is 32.1. The van der Waals surface area contributed by atoms with Gasteiger partial charge in [0.05, 0.1) is 34.1 Å². The number of hydrogen-bond donors (Lipinski definition) is 0. The van der Waals surface area contributed by atoms with Crippen LogP contribution in [0.4, 0.5) is 51.2 Å². The molecule has 0 atom stereocenters. The Kier molecular flexibility index (Phi) is 13.0. The van der Waals surface area contributed by atoms with Crippen LogP contribution in [0.2, 0.25) is 0 Å². The number of anilines is 9. The number of benzene rings is 16. The molecule has 0 fully saturated rings. The summed E-state index contributed by atoms with van der Waals surface area (Å²) < 4.78 is 15.2. The van der Waals surface area contributed by atoms with Gasteiger partial charge in [0.2, 0.25) is 0 Å². The van der Waals surface area contributed by atoms with E-state index in [0.717, 1.165) is 155 Å². The number of furan rings is 2. The molecule has 0 saturated carbocycles. The van der Waals surface area contributed by atoms with E-state index in [-0.39, 0.29) is 0 Å². The Morgan fingerprint density at radius 2 is 0.542 bits per heavy atom. The Balaban J connectivity index is 0.851. The molecule has 16 aromatic carbocycles. The van der Waals surface area contributed by atoms with Gasteiger partial charge in [-0.1, -0.05) is 231 Å². The first kappa shape index (κ1) is 55.2. The van der Waals surface area contributed by atoms with Crippen molar-refractivity contribution in [3.8, 4) is 33.4 Å². The van der Waals surface area contributed by atoms with E-state index in [9.17, 15) is 0 Å². The summed E-state index contributed by atoms with van der Waals surface area (Å²) in [7, 11) is 0. The van der Waals surface area contributed by atoms with Crippen LogP contribution in [0.3, 0.4) is 0 Å². The van der Waals surface area contributed by atoms with Crippen molar-refractivity contribution in [3.05, 3.63) is 346 Å². The molecule has 0 spiro atoms. The van der Waals surface area contributed by atoms with Crippen molar-refractivity contribution in [2.75, 3.05) is 14.7 Å². The third-order valence-electron chi connectivity index (χ3n) is 19.2. The van der Waals surface area contributed by atoms with Crippen LogP contribution < -0.4 is 14.7 Å². The van der Waals surface area contributed by atoms with Gasteiger partial charge >= 0.3 is 0 Å². The van der Waals surface area contributed by atoms with Crippen LogP contribution in [0.15, 0.2) is 355 Å². The molecule has 0 aliphatic carbocycles. The summed E-state index contributed by atoms with van der Waals surface area (Å²) in [4.78, 5) is 7.39. The van der Waals surface area contributed by atoms with Crippen LogP contribution in [0.1, 0.15) is 0 Å². The van der Waals surface area contributed by atoms with Crippen molar-refractivity contribution in [3.63, 3.8) is 0 Å². The lowest BCUT2D eigenvalue weighted by atomic mass is 10.0. The molecule has 450 valence electrons. The summed E-state index contributed by atoms with van der Waals surface area (Å²) in [5.74, 6) is 0. The second kappa shape index (κ2) is 22.7. The third-order valence-corrected chi connectivity index (χ3v) is 20.4. The van der Waals surface area contributed by atoms with Crippen LogP contribution in [-0.2, 0) is 0 Å². The van der Waals surface area contributed by atoms with E-state index in [0.29, 0.717) is 0 Å². The molecule has 3 heterocycles. The van der Waals surface area contributed by atoms with Crippen molar-refractivity contribution in [1.29, 1.82) is 0 Å². The Morgan fingerprint density at radius 3 is 0.990 bits per heavy atom. The molecule has 3 aromatic heterocycles. The maximum atomic E-state index is 6.31. The Bertz CT molecular complexity index is 5970. The molecule has 0 bridgehead atoms. The summed E-state index contributed by atoms with van der Waals surface area (Å²) in [6, 6.07) is 126. The molecule has 0 aliphatic rings. The van der Waals surface area contributed by atoms with Gasteiger partial charge < -0.3 is 23.5 Å². The zero-order valence-electron chi connectivity index (χ0n) is 52.0. The highest BCUT2D eigenvalue weighted by Crippen LogP contribution is 2.51. The van der Waals surface area contributed by atoms with E-state index in [1.165, 1.54) is 25.7 Å². The van der Waals surface area contributed by atoms with Gasteiger partial charge in [-0.05, 0) is 165 Å². The summed E-state index contributed by atoms with van der Waals surface area (Å²) >= 11 is 1.87. The van der Waals surface area contributed by atoms with Crippen LogP contribution >= 0.6 is 11.3 Å². The van der Waals surface area contributed by atoms with Gasteiger partial charge in [0, 0.05) is 74.9 Å². The molecule has 0 amide bonds. The second-order valence-electron chi connectivity index (χ2n) is 24.7. The first-order chi connectivity index (χ1) is 47.6. The molecule has 96 heavy (non-hydrogen) atoms. The van der Waals surface area contributed by atoms with Gasteiger partial charge in [-0.25, -0.2) is 0 Å². The molecular formula is C90H57N3O2S. The van der Waals surface area contributed by atoms with Crippen molar-refractivity contribution in [2.45, 2.75) is 0 Å².